The van der Waals surface area contributed by atoms with Crippen LogP contribution < -0.4 is 4.74 Å². The summed E-state index contributed by atoms with van der Waals surface area (Å²) < 4.78 is 5.05. The molecule has 0 aliphatic heterocycles. The van der Waals surface area contributed by atoms with Gasteiger partial charge < -0.3 is 4.74 Å². The Balaban J connectivity index is 2.11. The minimum atomic E-state index is 0.610. The van der Waals surface area contributed by atoms with Crippen LogP contribution in [0.25, 0.3) is 0 Å². The van der Waals surface area contributed by atoms with E-state index in [1.54, 1.807) is 31.4 Å². The molecule has 0 fully saturated rings. The molecule has 0 radical (unpaired) electrons. The van der Waals surface area contributed by atoms with Gasteiger partial charge >= 0.3 is 0 Å². The highest BCUT2D eigenvalue weighted by Gasteiger charge is 1.93. The number of nitrogens with zero attached hydrogens (tertiary/aromatic N) is 3. The number of hydrogen-bond donors (Lipinski definition) is 0. The van der Waals surface area contributed by atoms with Gasteiger partial charge in [-0.2, -0.15) is 15.5 Å². The third-order valence-electron chi connectivity index (χ3n) is 2.35. The zero-order chi connectivity index (χ0) is 12.8. The molecule has 0 heterocycles. The van der Waals surface area contributed by atoms with Crippen molar-refractivity contribution < 1.29 is 4.74 Å². The summed E-state index contributed by atoms with van der Waals surface area (Å²) in [5.41, 5.74) is 2.07. The van der Waals surface area contributed by atoms with E-state index < -0.39 is 0 Å². The highest BCUT2D eigenvalue weighted by molar-refractivity contribution is 5.44. The predicted molar refractivity (Wildman–Crippen MR) is 68.3 cm³/mol. The topological polar surface area (TPSA) is 57.7 Å². The summed E-state index contributed by atoms with van der Waals surface area (Å²) in [6.45, 7) is 0. The highest BCUT2D eigenvalue weighted by Crippen LogP contribution is 2.21. The van der Waals surface area contributed by atoms with Crippen LogP contribution in [-0.4, -0.2) is 7.11 Å². The number of benzene rings is 2. The average molecular weight is 237 g/mol. The SMILES string of the molecule is COc1ccc(N=Nc2ccc(C#N)cc2)cc1. The Hall–Kier alpha value is -2.67. The van der Waals surface area contributed by atoms with Gasteiger partial charge in [-0.1, -0.05) is 0 Å². The minimum Gasteiger partial charge on any atom is -0.497 e. The molecule has 2 rings (SSSR count). The first-order valence-corrected chi connectivity index (χ1v) is 5.38. The van der Waals surface area contributed by atoms with Gasteiger partial charge in [0.25, 0.3) is 0 Å². The number of methoxy groups -OCH3 is 1. The lowest BCUT2D eigenvalue weighted by Crippen LogP contribution is -1.79. The van der Waals surface area contributed by atoms with E-state index >= 15 is 0 Å². The van der Waals surface area contributed by atoms with Crippen LogP contribution in [-0.2, 0) is 0 Å². The second-order valence-corrected chi connectivity index (χ2v) is 3.56. The molecule has 0 saturated carbocycles. The Morgan fingerprint density at radius 1 is 0.889 bits per heavy atom. The molecule has 0 bridgehead atoms. The molecule has 0 aromatic heterocycles. The van der Waals surface area contributed by atoms with E-state index in [4.69, 9.17) is 10.00 Å². The molecule has 18 heavy (non-hydrogen) atoms. The molecule has 0 unspecified atom stereocenters. The van der Waals surface area contributed by atoms with Crippen LogP contribution in [0.4, 0.5) is 11.4 Å². The molecular weight excluding hydrogens is 226 g/mol. The van der Waals surface area contributed by atoms with Gasteiger partial charge in [-0.25, -0.2) is 0 Å². The zero-order valence-corrected chi connectivity index (χ0v) is 9.87. The van der Waals surface area contributed by atoms with Gasteiger partial charge in [-0.15, -0.1) is 0 Å². The van der Waals surface area contributed by atoms with Crippen LogP contribution in [0.2, 0.25) is 0 Å². The van der Waals surface area contributed by atoms with Crippen molar-refractivity contribution in [2.75, 3.05) is 7.11 Å². The van der Waals surface area contributed by atoms with Crippen molar-refractivity contribution in [2.24, 2.45) is 10.2 Å². The molecule has 0 saturated heterocycles. The number of nitriles is 1. The molecular formula is C14H11N3O. The van der Waals surface area contributed by atoms with Crippen molar-refractivity contribution in [3.05, 3.63) is 54.1 Å². The van der Waals surface area contributed by atoms with Gasteiger partial charge in [0.15, 0.2) is 0 Å². The second kappa shape index (κ2) is 5.60. The van der Waals surface area contributed by atoms with Crippen LogP contribution in [0, 0.1) is 11.3 Å². The first-order valence-electron chi connectivity index (χ1n) is 5.38. The summed E-state index contributed by atoms with van der Waals surface area (Å²) in [4.78, 5) is 0. The van der Waals surface area contributed by atoms with Crippen LogP contribution >= 0.6 is 0 Å². The van der Waals surface area contributed by atoms with Crippen molar-refractivity contribution in [3.63, 3.8) is 0 Å². The summed E-state index contributed by atoms with van der Waals surface area (Å²) >= 11 is 0. The van der Waals surface area contributed by atoms with E-state index in [2.05, 4.69) is 16.3 Å². The predicted octanol–water partition coefficient (Wildman–Crippen LogP) is 3.98. The fourth-order valence-electron chi connectivity index (χ4n) is 1.37. The van der Waals surface area contributed by atoms with Gasteiger partial charge in [0.2, 0.25) is 0 Å². The van der Waals surface area contributed by atoms with E-state index in [9.17, 15) is 0 Å². The maximum Gasteiger partial charge on any atom is 0.119 e. The lowest BCUT2D eigenvalue weighted by molar-refractivity contribution is 0.415. The van der Waals surface area contributed by atoms with E-state index in [0.29, 0.717) is 11.3 Å². The van der Waals surface area contributed by atoms with Gasteiger partial charge in [0.1, 0.15) is 5.75 Å². The third-order valence-corrected chi connectivity index (χ3v) is 2.35. The Morgan fingerprint density at radius 2 is 1.39 bits per heavy atom. The largest absolute Gasteiger partial charge is 0.497 e. The lowest BCUT2D eigenvalue weighted by atomic mass is 10.2. The maximum atomic E-state index is 8.67. The fourth-order valence-corrected chi connectivity index (χ4v) is 1.37. The molecule has 4 nitrogen and oxygen atoms in total. The molecule has 0 aliphatic carbocycles. The van der Waals surface area contributed by atoms with Crippen LogP contribution in [0.1, 0.15) is 5.56 Å². The molecule has 4 heteroatoms. The van der Waals surface area contributed by atoms with Crippen LogP contribution in [0.5, 0.6) is 5.75 Å². The van der Waals surface area contributed by atoms with E-state index in [0.717, 1.165) is 11.4 Å². The van der Waals surface area contributed by atoms with Crippen molar-refractivity contribution in [2.45, 2.75) is 0 Å². The van der Waals surface area contributed by atoms with Gasteiger partial charge in [0.05, 0.1) is 30.1 Å². The third kappa shape index (κ3) is 2.92. The molecule has 0 N–H and O–H groups in total. The first kappa shape index (κ1) is 11.8. The number of hydrogen-bond acceptors (Lipinski definition) is 4. The highest BCUT2D eigenvalue weighted by atomic mass is 16.5. The molecule has 2 aromatic carbocycles. The quantitative estimate of drug-likeness (QED) is 0.758. The van der Waals surface area contributed by atoms with Gasteiger partial charge in [-0.05, 0) is 48.5 Å². The molecule has 0 amide bonds. The second-order valence-electron chi connectivity index (χ2n) is 3.56. The average Bonchev–Trinajstić information content (AvgIpc) is 2.46. The van der Waals surface area contributed by atoms with Crippen LogP contribution in [0.15, 0.2) is 58.8 Å². The Bertz CT molecular complexity index is 580. The molecule has 0 aliphatic rings. The van der Waals surface area contributed by atoms with E-state index in [1.807, 2.05) is 24.3 Å². The van der Waals surface area contributed by atoms with E-state index in [-0.39, 0.29) is 0 Å². The van der Waals surface area contributed by atoms with Gasteiger partial charge in [-0.3, -0.25) is 0 Å². The monoisotopic (exact) mass is 237 g/mol. The summed E-state index contributed by atoms with van der Waals surface area (Å²) in [6, 6.07) is 16.3. The standard InChI is InChI=1S/C14H11N3O/c1-18-14-8-6-13(7-9-14)17-16-12-4-2-11(10-15)3-5-12/h2-9H,1H3. The Labute approximate surface area is 105 Å². The van der Waals surface area contributed by atoms with E-state index in [1.165, 1.54) is 0 Å². The number of rotatable bonds is 3. The minimum absolute atomic E-state index is 0.610. The molecule has 2 aromatic rings. The Morgan fingerprint density at radius 3 is 1.83 bits per heavy atom. The number of azo groups is 1. The Kier molecular flexibility index (Phi) is 3.67. The molecule has 88 valence electrons. The molecule has 0 spiro atoms. The fraction of sp³-hybridized carbons (Fsp3) is 0.0714. The maximum absolute atomic E-state index is 8.67. The summed E-state index contributed by atoms with van der Waals surface area (Å²) in [7, 11) is 1.62. The number of ether oxygens (including phenoxy) is 1. The molecule has 0 atom stereocenters. The lowest BCUT2D eigenvalue weighted by Gasteiger charge is -1.98. The summed E-state index contributed by atoms with van der Waals surface area (Å²) in [5.74, 6) is 0.785. The smallest absolute Gasteiger partial charge is 0.119 e. The van der Waals surface area contributed by atoms with Crippen molar-refractivity contribution in [1.82, 2.24) is 0 Å². The van der Waals surface area contributed by atoms with Crippen molar-refractivity contribution in [1.29, 1.82) is 5.26 Å². The van der Waals surface area contributed by atoms with Crippen molar-refractivity contribution >= 4 is 11.4 Å². The normalized spacial score (nSPS) is 10.2. The zero-order valence-electron chi connectivity index (χ0n) is 9.87. The summed E-state index contributed by atoms with van der Waals surface area (Å²) in [6.07, 6.45) is 0. The van der Waals surface area contributed by atoms with Crippen molar-refractivity contribution in [3.8, 4) is 11.8 Å². The summed E-state index contributed by atoms with van der Waals surface area (Å²) in [5, 5.41) is 16.8. The van der Waals surface area contributed by atoms with Gasteiger partial charge in [0, 0.05) is 0 Å². The van der Waals surface area contributed by atoms with Crippen LogP contribution in [0.3, 0.4) is 0 Å². The first-order chi connectivity index (χ1) is 8.81.